The van der Waals surface area contributed by atoms with Gasteiger partial charge in [-0.05, 0) is 167 Å². The van der Waals surface area contributed by atoms with Crippen LogP contribution in [0.5, 0.6) is 5.75 Å². The summed E-state index contributed by atoms with van der Waals surface area (Å²) in [6, 6.07) is 6.01. The molecule has 270 valence electrons. The van der Waals surface area contributed by atoms with Crippen molar-refractivity contribution in [2.45, 2.75) is 147 Å². The van der Waals surface area contributed by atoms with Gasteiger partial charge in [-0.1, -0.05) is 44.6 Å². The first-order chi connectivity index (χ1) is 23.5. The third-order valence-electron chi connectivity index (χ3n) is 16.1. The second-order valence-electron chi connectivity index (χ2n) is 19.4. The normalized spacial score (nSPS) is 47.2. The van der Waals surface area contributed by atoms with Gasteiger partial charge in [-0.2, -0.15) is 0 Å². The molecular formula is C44H65NO4. The lowest BCUT2D eigenvalue weighted by atomic mass is 9.38. The molecule has 0 aromatic heterocycles. The summed E-state index contributed by atoms with van der Waals surface area (Å²) in [6.07, 6.45) is 19.4. The van der Waals surface area contributed by atoms with Crippen LogP contribution >= 0.6 is 0 Å². The van der Waals surface area contributed by atoms with E-state index in [0.717, 1.165) is 56.8 Å². The second-order valence-corrected chi connectivity index (χ2v) is 19.4. The highest BCUT2D eigenvalue weighted by Crippen LogP contribution is 2.71. The fourth-order valence-corrected chi connectivity index (χ4v) is 14.6. The summed E-state index contributed by atoms with van der Waals surface area (Å²) in [6.45, 7) is 7.62. The summed E-state index contributed by atoms with van der Waals surface area (Å²) in [5.74, 6) is 12.0. The van der Waals surface area contributed by atoms with Crippen molar-refractivity contribution in [3.05, 3.63) is 29.3 Å². The molecule has 5 saturated carbocycles. The number of phenolic OH excluding ortho intramolecular Hbond substituents is 1. The highest BCUT2D eigenvalue weighted by molar-refractivity contribution is 5.40. The molecule has 0 amide bonds. The van der Waals surface area contributed by atoms with E-state index in [1.54, 1.807) is 0 Å². The Morgan fingerprint density at radius 3 is 2.61 bits per heavy atom. The number of rotatable bonds is 6. The number of ether oxygens (including phenoxy) is 1. The predicted octanol–water partition coefficient (Wildman–Crippen LogP) is 7.81. The Labute approximate surface area is 296 Å². The van der Waals surface area contributed by atoms with Crippen LogP contribution in [0.25, 0.3) is 0 Å². The van der Waals surface area contributed by atoms with Gasteiger partial charge in [0, 0.05) is 37.0 Å². The van der Waals surface area contributed by atoms with E-state index in [0.29, 0.717) is 47.2 Å². The SMILES string of the molecule is CC(C)C[C@@H]1CC[C@@]2(C1)C[C@H]1Cc3ccc(O)cc3CC#C[C@@H]3[C@@]4(C[C@@H]5CC[C@H](CO)[C@@]3(N)[C@@H]5[C@@](C)([C@H]3CCC[C@H](CCO)C3)O4)[C@@H](C1)C2. The monoisotopic (exact) mass is 671 g/mol. The average Bonchev–Trinajstić information content (AvgIpc) is 3.42. The van der Waals surface area contributed by atoms with Crippen molar-refractivity contribution in [2.24, 2.45) is 70.3 Å². The molecule has 49 heavy (non-hydrogen) atoms. The number of phenols is 1. The molecule has 2 spiro atoms. The Kier molecular flexibility index (Phi) is 9.03. The third-order valence-corrected chi connectivity index (χ3v) is 16.1. The van der Waals surface area contributed by atoms with Gasteiger partial charge < -0.3 is 25.8 Å². The molecule has 2 heterocycles. The van der Waals surface area contributed by atoms with E-state index in [-0.39, 0.29) is 36.6 Å². The minimum Gasteiger partial charge on any atom is -0.508 e. The molecule has 7 fully saturated rings. The first-order valence-corrected chi connectivity index (χ1v) is 20.5. The van der Waals surface area contributed by atoms with Gasteiger partial charge in [-0.3, -0.25) is 0 Å². The van der Waals surface area contributed by atoms with E-state index in [4.69, 9.17) is 10.5 Å². The highest BCUT2D eigenvalue weighted by atomic mass is 16.5. The van der Waals surface area contributed by atoms with E-state index in [1.807, 2.05) is 12.1 Å². The van der Waals surface area contributed by atoms with Crippen LogP contribution < -0.4 is 5.73 Å². The van der Waals surface area contributed by atoms with Crippen LogP contribution in [0, 0.1) is 76.4 Å². The van der Waals surface area contributed by atoms with Gasteiger partial charge >= 0.3 is 0 Å². The molecule has 13 atom stereocenters. The summed E-state index contributed by atoms with van der Waals surface area (Å²) in [5, 5.41) is 31.7. The number of hydrogen-bond acceptors (Lipinski definition) is 5. The standard InChI is InChI=1S/C44H65NO4/c1-28(2)18-30-14-16-42(23-30)24-31-19-33-11-13-38(48)22-32(33)7-5-9-39-43(37(21-31)26-42)25-34-10-12-36(27-47)44(39,45)40(34)41(3,49-43)35-8-4-6-29(20-35)15-17-46/h11,13,22,28-31,34-37,39-40,46-48H,4,6-8,10,12,14-21,23-27,45H2,1-3H3/t29-,30+,31+,34+,35+,36-,37+,39-,40+,41-,42-,43-,44+/m1/s1. The molecule has 5 nitrogen and oxygen atoms in total. The van der Waals surface area contributed by atoms with Crippen molar-refractivity contribution < 1.29 is 20.1 Å². The summed E-state index contributed by atoms with van der Waals surface area (Å²) in [7, 11) is 0. The molecule has 8 aliphatic rings. The lowest BCUT2D eigenvalue weighted by Gasteiger charge is -2.75. The molecule has 6 bridgehead atoms. The van der Waals surface area contributed by atoms with E-state index in [1.165, 1.54) is 68.9 Å². The second kappa shape index (κ2) is 12.8. The number of aliphatic hydroxyl groups excluding tert-OH is 2. The largest absolute Gasteiger partial charge is 0.508 e. The van der Waals surface area contributed by atoms with Gasteiger partial charge in [0.1, 0.15) is 5.75 Å². The van der Waals surface area contributed by atoms with Gasteiger partial charge in [-0.15, -0.1) is 0 Å². The van der Waals surface area contributed by atoms with Gasteiger partial charge in [0.05, 0.1) is 17.1 Å². The zero-order valence-corrected chi connectivity index (χ0v) is 30.8. The van der Waals surface area contributed by atoms with E-state index in [2.05, 4.69) is 38.7 Å². The Morgan fingerprint density at radius 1 is 0.959 bits per heavy atom. The van der Waals surface area contributed by atoms with Crippen LogP contribution in [0.4, 0.5) is 0 Å². The zero-order chi connectivity index (χ0) is 34.2. The van der Waals surface area contributed by atoms with Gasteiger partial charge in [0.2, 0.25) is 0 Å². The first kappa shape index (κ1) is 34.5. The number of nitrogens with two attached hydrogens (primary N) is 1. The van der Waals surface area contributed by atoms with Crippen LogP contribution in [0.15, 0.2) is 18.2 Å². The predicted molar refractivity (Wildman–Crippen MR) is 195 cm³/mol. The molecule has 1 aromatic carbocycles. The van der Waals surface area contributed by atoms with Crippen LogP contribution in [0.2, 0.25) is 0 Å². The molecule has 1 aromatic rings. The average molecular weight is 672 g/mol. The quantitative estimate of drug-likeness (QED) is 0.232. The molecule has 5 N–H and O–H groups in total. The Balaban J connectivity index is 1.28. The molecular weight excluding hydrogens is 606 g/mol. The maximum absolute atomic E-state index is 11.1. The van der Waals surface area contributed by atoms with Crippen molar-refractivity contribution in [2.75, 3.05) is 13.2 Å². The Bertz CT molecular complexity index is 1450. The van der Waals surface area contributed by atoms with Crippen LogP contribution in [0.3, 0.4) is 0 Å². The molecule has 0 unspecified atom stereocenters. The Morgan fingerprint density at radius 2 is 1.82 bits per heavy atom. The van der Waals surface area contributed by atoms with Gasteiger partial charge in [-0.25, -0.2) is 0 Å². The number of hydrogen-bond donors (Lipinski definition) is 4. The summed E-state index contributed by atoms with van der Waals surface area (Å²) < 4.78 is 8.11. The highest BCUT2D eigenvalue weighted by Gasteiger charge is 2.76. The lowest BCUT2D eigenvalue weighted by molar-refractivity contribution is -0.362. The first-order valence-electron chi connectivity index (χ1n) is 20.5. The molecule has 6 aliphatic carbocycles. The summed E-state index contributed by atoms with van der Waals surface area (Å²) >= 11 is 0. The van der Waals surface area contributed by atoms with E-state index >= 15 is 0 Å². The van der Waals surface area contributed by atoms with Crippen LogP contribution in [-0.2, 0) is 17.6 Å². The van der Waals surface area contributed by atoms with Crippen molar-refractivity contribution >= 4 is 0 Å². The van der Waals surface area contributed by atoms with E-state index < -0.39 is 11.1 Å². The van der Waals surface area contributed by atoms with Crippen LogP contribution in [0.1, 0.15) is 128 Å². The van der Waals surface area contributed by atoms with Gasteiger partial charge in [0.25, 0.3) is 0 Å². The number of aliphatic hydroxyl groups is 2. The molecule has 2 aliphatic heterocycles. The molecule has 9 rings (SSSR count). The van der Waals surface area contributed by atoms with Crippen molar-refractivity contribution in [1.29, 1.82) is 0 Å². The molecule has 5 heteroatoms. The molecule has 0 radical (unpaired) electrons. The number of fused-ring (bicyclic) bond motifs is 4. The summed E-state index contributed by atoms with van der Waals surface area (Å²) in [5.41, 5.74) is 9.57. The minimum absolute atomic E-state index is 0.0180. The minimum atomic E-state index is -0.606. The number of benzene rings is 1. The number of aromatic hydroxyl groups is 1. The fourth-order valence-electron chi connectivity index (χ4n) is 14.6. The van der Waals surface area contributed by atoms with Crippen molar-refractivity contribution in [3.8, 4) is 17.6 Å². The zero-order valence-electron chi connectivity index (χ0n) is 30.8. The molecule has 2 saturated heterocycles. The van der Waals surface area contributed by atoms with Crippen LogP contribution in [-0.4, -0.2) is 45.3 Å². The lowest BCUT2D eigenvalue weighted by Crippen LogP contribution is -2.84. The van der Waals surface area contributed by atoms with Crippen molar-refractivity contribution in [3.63, 3.8) is 0 Å². The summed E-state index contributed by atoms with van der Waals surface area (Å²) in [4.78, 5) is 0. The third kappa shape index (κ3) is 5.64. The maximum Gasteiger partial charge on any atom is 0.115 e. The smallest absolute Gasteiger partial charge is 0.115 e. The Hall–Kier alpha value is -1.58. The maximum atomic E-state index is 11.1. The van der Waals surface area contributed by atoms with Crippen molar-refractivity contribution in [1.82, 2.24) is 0 Å². The van der Waals surface area contributed by atoms with E-state index in [9.17, 15) is 15.3 Å². The fraction of sp³-hybridized carbons (Fsp3) is 0.818. The topological polar surface area (TPSA) is 95.9 Å². The van der Waals surface area contributed by atoms with Gasteiger partial charge in [0.15, 0.2) is 0 Å².